The van der Waals surface area contributed by atoms with Crippen molar-refractivity contribution in [3.8, 4) is 11.8 Å². The Bertz CT molecular complexity index is 635. The van der Waals surface area contributed by atoms with Crippen LogP contribution in [0.25, 0.3) is 6.08 Å². The van der Waals surface area contributed by atoms with Crippen LogP contribution in [0.3, 0.4) is 0 Å². The zero-order valence-corrected chi connectivity index (χ0v) is 11.3. The topological polar surface area (TPSA) is 12.9 Å². The van der Waals surface area contributed by atoms with Crippen molar-refractivity contribution in [3.05, 3.63) is 71.8 Å². The molecule has 2 heteroatoms. The lowest BCUT2D eigenvalue weighted by atomic mass is 10.1. The minimum atomic E-state index is -0.366. The number of nitrogens with zero attached hydrogens (tertiary/aromatic N) is 1. The molecule has 2 aromatic rings. The lowest BCUT2D eigenvalue weighted by Crippen LogP contribution is -1.90. The molecule has 0 saturated heterocycles. The number of rotatable bonds is 4. The van der Waals surface area contributed by atoms with Gasteiger partial charge in [-0.25, -0.2) is 9.37 Å². The fraction of sp³-hybridized carbons (Fsp3) is 0.167. The molecule has 0 radical (unpaired) electrons. The Morgan fingerprint density at radius 3 is 2.70 bits per heavy atom. The molecule has 20 heavy (non-hydrogen) atoms. The van der Waals surface area contributed by atoms with Crippen molar-refractivity contribution in [3.63, 3.8) is 0 Å². The third-order valence-corrected chi connectivity index (χ3v) is 2.89. The van der Waals surface area contributed by atoms with Gasteiger partial charge in [-0.2, -0.15) is 0 Å². The summed E-state index contributed by atoms with van der Waals surface area (Å²) in [5.74, 6) is 5.66. The van der Waals surface area contributed by atoms with Gasteiger partial charge in [-0.15, -0.1) is 0 Å². The van der Waals surface area contributed by atoms with Crippen molar-refractivity contribution in [1.29, 1.82) is 0 Å². The maximum Gasteiger partial charge on any atom is 0.148 e. The highest BCUT2D eigenvalue weighted by Crippen LogP contribution is 2.07. The molecule has 0 unspecified atom stereocenters. The summed E-state index contributed by atoms with van der Waals surface area (Å²) >= 11 is 0. The Kier molecular flexibility index (Phi) is 5.08. The van der Waals surface area contributed by atoms with Crippen LogP contribution in [0.5, 0.6) is 0 Å². The number of pyridine rings is 1. The quantitative estimate of drug-likeness (QED) is 0.595. The second kappa shape index (κ2) is 7.25. The average molecular weight is 265 g/mol. The molecular formula is C18H16FN. The highest BCUT2D eigenvalue weighted by molar-refractivity contribution is 5.44. The van der Waals surface area contributed by atoms with Crippen molar-refractivity contribution in [2.45, 2.75) is 19.3 Å². The number of unbranched alkanes of at least 4 members (excludes halogenated alkanes) is 1. The van der Waals surface area contributed by atoms with E-state index in [1.165, 1.54) is 17.7 Å². The van der Waals surface area contributed by atoms with Crippen LogP contribution in [0, 0.1) is 17.7 Å². The van der Waals surface area contributed by atoms with Crippen LogP contribution in [0.2, 0.25) is 0 Å². The summed E-state index contributed by atoms with van der Waals surface area (Å²) in [4.78, 5) is 4.08. The monoisotopic (exact) mass is 265 g/mol. The molecule has 1 nitrogen and oxygen atoms in total. The number of halogens is 1. The molecule has 0 bridgehead atoms. The Balaban J connectivity index is 1.87. The Morgan fingerprint density at radius 1 is 1.15 bits per heavy atom. The van der Waals surface area contributed by atoms with Gasteiger partial charge < -0.3 is 0 Å². The molecule has 0 fully saturated rings. The molecule has 0 atom stereocenters. The van der Waals surface area contributed by atoms with Crippen molar-refractivity contribution < 1.29 is 4.39 Å². The van der Waals surface area contributed by atoms with E-state index in [1.807, 2.05) is 18.2 Å². The summed E-state index contributed by atoms with van der Waals surface area (Å²) in [5.41, 5.74) is 2.16. The van der Waals surface area contributed by atoms with Gasteiger partial charge in [0.15, 0.2) is 0 Å². The van der Waals surface area contributed by atoms with Gasteiger partial charge in [0.2, 0.25) is 0 Å². The summed E-state index contributed by atoms with van der Waals surface area (Å²) in [6.07, 6.45) is 4.23. The molecule has 0 saturated carbocycles. The fourth-order valence-corrected chi connectivity index (χ4v) is 1.85. The van der Waals surface area contributed by atoms with Gasteiger partial charge in [0, 0.05) is 6.42 Å². The minimum absolute atomic E-state index is 0.251. The molecule has 0 spiro atoms. The molecule has 0 amide bonds. The predicted octanol–water partition coefficient (Wildman–Crippen LogP) is 4.24. The highest BCUT2D eigenvalue weighted by Gasteiger charge is 1.99. The highest BCUT2D eigenvalue weighted by atomic mass is 19.1. The van der Waals surface area contributed by atoms with Crippen LogP contribution in [-0.2, 0) is 6.42 Å². The molecule has 100 valence electrons. The number of benzene rings is 1. The Morgan fingerprint density at radius 2 is 1.95 bits per heavy atom. The molecule has 0 aliphatic rings. The van der Waals surface area contributed by atoms with Gasteiger partial charge in [-0.05, 0) is 42.5 Å². The van der Waals surface area contributed by atoms with Gasteiger partial charge in [-0.1, -0.05) is 42.8 Å². The van der Waals surface area contributed by atoms with E-state index in [-0.39, 0.29) is 11.5 Å². The van der Waals surface area contributed by atoms with E-state index in [4.69, 9.17) is 0 Å². The summed E-state index contributed by atoms with van der Waals surface area (Å²) < 4.78 is 13.2. The first-order valence-corrected chi connectivity index (χ1v) is 6.61. The summed E-state index contributed by atoms with van der Waals surface area (Å²) in [6, 6.07) is 13.3. The van der Waals surface area contributed by atoms with E-state index in [0.717, 1.165) is 19.3 Å². The number of hydrogen-bond donors (Lipinski definition) is 0. The normalized spacial score (nSPS) is 9.65. The first kappa shape index (κ1) is 14.0. The zero-order valence-electron chi connectivity index (χ0n) is 11.3. The third-order valence-electron chi connectivity index (χ3n) is 2.89. The summed E-state index contributed by atoms with van der Waals surface area (Å²) in [7, 11) is 0. The molecule has 1 aromatic carbocycles. The zero-order chi connectivity index (χ0) is 14.2. The van der Waals surface area contributed by atoms with Crippen LogP contribution in [-0.4, -0.2) is 4.98 Å². The third kappa shape index (κ3) is 4.07. The SMILES string of the molecule is C=Cc1nc(C#CCCCc2ccccc2)ccc1F. The maximum atomic E-state index is 13.2. The van der Waals surface area contributed by atoms with E-state index < -0.39 is 0 Å². The smallest absolute Gasteiger partial charge is 0.148 e. The maximum absolute atomic E-state index is 13.2. The lowest BCUT2D eigenvalue weighted by molar-refractivity contribution is 0.617. The first-order chi connectivity index (χ1) is 9.79. The number of hydrogen-bond acceptors (Lipinski definition) is 1. The van der Waals surface area contributed by atoms with Crippen LogP contribution in [0.15, 0.2) is 49.0 Å². The van der Waals surface area contributed by atoms with Gasteiger partial charge in [0.25, 0.3) is 0 Å². The number of aryl methyl sites for hydroxylation is 1. The van der Waals surface area contributed by atoms with Crippen LogP contribution >= 0.6 is 0 Å². The Hall–Kier alpha value is -2.40. The molecule has 1 heterocycles. The van der Waals surface area contributed by atoms with Gasteiger partial charge in [-0.3, -0.25) is 0 Å². The van der Waals surface area contributed by atoms with Gasteiger partial charge >= 0.3 is 0 Å². The average Bonchev–Trinajstić information content (AvgIpc) is 2.49. The number of aromatic nitrogens is 1. The molecular weight excluding hydrogens is 249 g/mol. The van der Waals surface area contributed by atoms with Crippen LogP contribution < -0.4 is 0 Å². The van der Waals surface area contributed by atoms with E-state index in [2.05, 4.69) is 35.5 Å². The summed E-state index contributed by atoms with van der Waals surface area (Å²) in [5, 5.41) is 0. The van der Waals surface area contributed by atoms with Crippen LogP contribution in [0.1, 0.15) is 29.8 Å². The molecule has 0 N–H and O–H groups in total. The molecule has 1 aromatic heterocycles. The molecule has 2 rings (SSSR count). The standard InChI is InChI=1S/C18H16FN/c1-2-18-17(19)14-13-16(20-18)12-8-4-7-11-15-9-5-3-6-10-15/h2-3,5-6,9-10,13-14H,1,4,7,11H2. The van der Waals surface area contributed by atoms with Crippen molar-refractivity contribution in [2.24, 2.45) is 0 Å². The first-order valence-electron chi connectivity index (χ1n) is 6.61. The van der Waals surface area contributed by atoms with E-state index >= 15 is 0 Å². The van der Waals surface area contributed by atoms with Crippen molar-refractivity contribution in [1.82, 2.24) is 4.98 Å². The van der Waals surface area contributed by atoms with Crippen LogP contribution in [0.4, 0.5) is 4.39 Å². The fourth-order valence-electron chi connectivity index (χ4n) is 1.85. The van der Waals surface area contributed by atoms with Crippen molar-refractivity contribution >= 4 is 6.08 Å². The van der Waals surface area contributed by atoms with Crippen molar-refractivity contribution in [2.75, 3.05) is 0 Å². The van der Waals surface area contributed by atoms with E-state index in [0.29, 0.717) is 5.69 Å². The molecule has 0 aliphatic heterocycles. The minimum Gasteiger partial charge on any atom is -0.237 e. The predicted molar refractivity (Wildman–Crippen MR) is 80.5 cm³/mol. The summed E-state index contributed by atoms with van der Waals surface area (Å²) in [6.45, 7) is 3.53. The van der Waals surface area contributed by atoms with E-state index in [1.54, 1.807) is 6.07 Å². The second-order valence-electron chi connectivity index (χ2n) is 4.41. The second-order valence-corrected chi connectivity index (χ2v) is 4.41. The van der Waals surface area contributed by atoms with E-state index in [9.17, 15) is 4.39 Å². The van der Waals surface area contributed by atoms with Gasteiger partial charge in [0.1, 0.15) is 11.5 Å². The lowest BCUT2D eigenvalue weighted by Gasteiger charge is -1.97. The molecule has 0 aliphatic carbocycles. The van der Waals surface area contributed by atoms with Gasteiger partial charge in [0.05, 0.1) is 5.69 Å². The largest absolute Gasteiger partial charge is 0.237 e. The Labute approximate surface area is 119 Å².